The maximum absolute atomic E-state index is 12.4. The summed E-state index contributed by atoms with van der Waals surface area (Å²) < 4.78 is 61.8. The SMILES string of the molecule is NC(N)=Nc1cccc(S(F)(F)(F)(F)F)c1. The molecule has 0 aliphatic carbocycles. The van der Waals surface area contributed by atoms with Crippen LogP contribution in [-0.2, 0) is 0 Å². The molecule has 0 saturated heterocycles. The Morgan fingerprint density at radius 3 is 2.06 bits per heavy atom. The zero-order chi connectivity index (χ0) is 12.7. The summed E-state index contributed by atoms with van der Waals surface area (Å²) in [7, 11) is -9.67. The van der Waals surface area contributed by atoms with Crippen LogP contribution in [0.4, 0.5) is 25.1 Å². The molecule has 0 atom stereocenters. The molecule has 92 valence electrons. The maximum Gasteiger partial charge on any atom is 0.310 e. The number of hydrogen-bond acceptors (Lipinski definition) is 1. The third-order valence-electron chi connectivity index (χ3n) is 1.52. The van der Waals surface area contributed by atoms with Crippen LogP contribution in [0.5, 0.6) is 0 Å². The molecule has 16 heavy (non-hydrogen) atoms. The maximum atomic E-state index is 12.4. The second-order valence-corrected chi connectivity index (χ2v) is 5.41. The van der Waals surface area contributed by atoms with Gasteiger partial charge in [0.25, 0.3) is 0 Å². The molecule has 4 N–H and O–H groups in total. The molecule has 1 rings (SSSR count). The smallest absolute Gasteiger partial charge is 0.310 e. The zero-order valence-electron chi connectivity index (χ0n) is 7.71. The molecule has 0 radical (unpaired) electrons. The van der Waals surface area contributed by atoms with Crippen molar-refractivity contribution in [3.63, 3.8) is 0 Å². The molecule has 3 nitrogen and oxygen atoms in total. The van der Waals surface area contributed by atoms with E-state index in [-0.39, 0.29) is 17.8 Å². The quantitative estimate of drug-likeness (QED) is 0.487. The first-order valence-corrected chi connectivity index (χ1v) is 5.77. The molecule has 0 spiro atoms. The molecule has 1 aromatic rings. The summed E-state index contributed by atoms with van der Waals surface area (Å²) in [6.07, 6.45) is 0. The van der Waals surface area contributed by atoms with Crippen molar-refractivity contribution in [3.8, 4) is 0 Å². The summed E-state index contributed by atoms with van der Waals surface area (Å²) >= 11 is 0. The number of halogens is 5. The molecular formula is C7H8F5N3S. The third-order valence-corrected chi connectivity index (χ3v) is 2.67. The number of benzene rings is 1. The first-order valence-electron chi connectivity index (χ1n) is 3.82. The van der Waals surface area contributed by atoms with E-state index in [1.807, 2.05) is 0 Å². The Bertz CT molecular complexity index is 448. The Labute approximate surface area is 87.7 Å². The van der Waals surface area contributed by atoms with Gasteiger partial charge in [0.1, 0.15) is 4.90 Å². The summed E-state index contributed by atoms with van der Waals surface area (Å²) in [5.41, 5.74) is 9.45. The van der Waals surface area contributed by atoms with E-state index in [9.17, 15) is 19.4 Å². The Morgan fingerprint density at radius 1 is 1.06 bits per heavy atom. The fourth-order valence-corrected chi connectivity index (χ4v) is 1.62. The monoisotopic (exact) mass is 261 g/mol. The molecule has 9 heteroatoms. The molecule has 0 saturated carbocycles. The lowest BCUT2D eigenvalue weighted by Gasteiger charge is -2.40. The molecule has 0 unspecified atom stereocenters. The highest BCUT2D eigenvalue weighted by molar-refractivity contribution is 8.45. The minimum absolute atomic E-state index is 0.196. The van der Waals surface area contributed by atoms with E-state index in [0.717, 1.165) is 12.1 Å². The van der Waals surface area contributed by atoms with Crippen LogP contribution in [0.25, 0.3) is 0 Å². The molecule has 0 amide bonds. The van der Waals surface area contributed by atoms with Gasteiger partial charge in [0, 0.05) is 0 Å². The van der Waals surface area contributed by atoms with E-state index in [2.05, 4.69) is 4.99 Å². The fraction of sp³-hybridized carbons (Fsp3) is 0. The van der Waals surface area contributed by atoms with Crippen molar-refractivity contribution in [3.05, 3.63) is 24.3 Å². The van der Waals surface area contributed by atoms with Crippen molar-refractivity contribution < 1.29 is 19.4 Å². The first kappa shape index (κ1) is 12.6. The van der Waals surface area contributed by atoms with E-state index < -0.39 is 21.1 Å². The number of aliphatic imine (C=N–C) groups is 1. The van der Waals surface area contributed by atoms with E-state index in [1.54, 1.807) is 0 Å². The van der Waals surface area contributed by atoms with Gasteiger partial charge in [0.2, 0.25) is 0 Å². The molecule has 0 aliphatic heterocycles. The number of rotatable bonds is 2. The Balaban J connectivity index is 3.36. The van der Waals surface area contributed by atoms with Gasteiger partial charge in [-0.25, -0.2) is 4.99 Å². The highest BCUT2D eigenvalue weighted by atomic mass is 32.5. The second-order valence-electron chi connectivity index (χ2n) is 3.00. The highest BCUT2D eigenvalue weighted by Crippen LogP contribution is 3.02. The predicted octanol–water partition coefficient (Wildman–Crippen LogP) is 3.25. The van der Waals surface area contributed by atoms with Gasteiger partial charge in [-0.1, -0.05) is 25.5 Å². The van der Waals surface area contributed by atoms with Crippen LogP contribution in [-0.4, -0.2) is 5.96 Å². The minimum atomic E-state index is -9.67. The van der Waals surface area contributed by atoms with Crippen LogP contribution in [0, 0.1) is 0 Å². The normalized spacial score (nSPS) is 16.1. The topological polar surface area (TPSA) is 64.4 Å². The van der Waals surface area contributed by atoms with Crippen molar-refractivity contribution in [1.29, 1.82) is 0 Å². The lowest BCUT2D eigenvalue weighted by molar-refractivity contribution is 0.364. The van der Waals surface area contributed by atoms with E-state index in [1.165, 1.54) is 0 Å². The van der Waals surface area contributed by atoms with Crippen LogP contribution in [0.2, 0.25) is 0 Å². The van der Waals surface area contributed by atoms with Crippen LogP contribution in [0.1, 0.15) is 0 Å². The van der Waals surface area contributed by atoms with Crippen molar-refractivity contribution in [1.82, 2.24) is 0 Å². The minimum Gasteiger partial charge on any atom is -0.370 e. The van der Waals surface area contributed by atoms with Gasteiger partial charge < -0.3 is 11.5 Å². The summed E-state index contributed by atoms with van der Waals surface area (Å²) in [5.74, 6) is -0.515. The summed E-state index contributed by atoms with van der Waals surface area (Å²) in [6.45, 7) is 0. The van der Waals surface area contributed by atoms with Gasteiger partial charge in [-0.15, -0.1) is 0 Å². The fourth-order valence-electron chi connectivity index (χ4n) is 0.942. The Kier molecular flexibility index (Phi) is 2.19. The van der Waals surface area contributed by atoms with E-state index in [0.29, 0.717) is 0 Å². The number of nitrogens with two attached hydrogens (primary N) is 2. The first-order chi connectivity index (χ1) is 6.88. The molecule has 1 aromatic carbocycles. The highest BCUT2D eigenvalue weighted by Gasteiger charge is 2.65. The Morgan fingerprint density at radius 2 is 1.62 bits per heavy atom. The molecule has 0 fully saturated rings. The zero-order valence-corrected chi connectivity index (χ0v) is 8.53. The Hall–Kier alpha value is -1.51. The van der Waals surface area contributed by atoms with Crippen molar-refractivity contribution in [2.24, 2.45) is 16.5 Å². The predicted molar refractivity (Wildman–Crippen MR) is 53.3 cm³/mol. The summed E-state index contributed by atoms with van der Waals surface area (Å²) in [4.78, 5) is 1.23. The van der Waals surface area contributed by atoms with Crippen LogP contribution >= 0.6 is 10.2 Å². The average molecular weight is 261 g/mol. The molecular weight excluding hydrogens is 253 g/mol. The molecule has 0 aliphatic rings. The van der Waals surface area contributed by atoms with Gasteiger partial charge in [-0.05, 0) is 18.2 Å². The third kappa shape index (κ3) is 3.26. The number of hydrogen-bond donors (Lipinski definition) is 2. The molecule has 0 aromatic heterocycles. The van der Waals surface area contributed by atoms with Gasteiger partial charge >= 0.3 is 10.2 Å². The lowest BCUT2D eigenvalue weighted by atomic mass is 10.3. The van der Waals surface area contributed by atoms with Gasteiger partial charge in [-0.2, -0.15) is 0 Å². The van der Waals surface area contributed by atoms with Crippen molar-refractivity contribution in [2.75, 3.05) is 0 Å². The van der Waals surface area contributed by atoms with Crippen LogP contribution < -0.4 is 11.5 Å². The van der Waals surface area contributed by atoms with Crippen molar-refractivity contribution >= 4 is 21.9 Å². The van der Waals surface area contributed by atoms with E-state index in [4.69, 9.17) is 11.5 Å². The lowest BCUT2D eigenvalue weighted by Crippen LogP contribution is -2.21. The van der Waals surface area contributed by atoms with Crippen molar-refractivity contribution in [2.45, 2.75) is 4.90 Å². The van der Waals surface area contributed by atoms with Crippen LogP contribution in [0.3, 0.4) is 0 Å². The van der Waals surface area contributed by atoms with E-state index >= 15 is 0 Å². The number of guanidine groups is 1. The summed E-state index contributed by atoms with van der Waals surface area (Å²) in [6, 6.07) is 2.34. The second kappa shape index (κ2) is 2.78. The van der Waals surface area contributed by atoms with Gasteiger partial charge in [0.15, 0.2) is 5.96 Å². The number of nitrogens with zero attached hydrogens (tertiary/aromatic N) is 1. The average Bonchev–Trinajstić information content (AvgIpc) is 1.99. The summed E-state index contributed by atoms with van der Waals surface area (Å²) in [5, 5.41) is 0. The standard InChI is InChI=1S/C7H8F5N3S/c8-16(9,10,11,12)6-3-1-2-5(4-6)15-7(13)14/h1-4H,(H4,13,14,15). The van der Waals surface area contributed by atoms with Gasteiger partial charge in [-0.3, -0.25) is 0 Å². The molecule has 0 heterocycles. The van der Waals surface area contributed by atoms with Crippen LogP contribution in [0.15, 0.2) is 34.2 Å². The van der Waals surface area contributed by atoms with Gasteiger partial charge in [0.05, 0.1) is 5.69 Å². The molecule has 0 bridgehead atoms. The largest absolute Gasteiger partial charge is 0.370 e.